The van der Waals surface area contributed by atoms with E-state index in [1.807, 2.05) is 0 Å². The lowest BCUT2D eigenvalue weighted by molar-refractivity contribution is -0.139. The first-order valence-electron chi connectivity index (χ1n) is 7.53. The van der Waals surface area contributed by atoms with Gasteiger partial charge in [-0.3, -0.25) is 9.59 Å². The summed E-state index contributed by atoms with van der Waals surface area (Å²) in [5, 5.41) is 7.90. The Kier molecular flexibility index (Phi) is 6.26. The maximum atomic E-state index is 12.5. The van der Waals surface area contributed by atoms with Crippen molar-refractivity contribution in [1.82, 2.24) is 0 Å². The Morgan fingerprint density at radius 1 is 1.19 bits per heavy atom. The number of benzene rings is 2. The van der Waals surface area contributed by atoms with Gasteiger partial charge in [-0.2, -0.15) is 13.2 Å². The fourth-order valence-electron chi connectivity index (χ4n) is 1.87. The first-order valence-corrected chi connectivity index (χ1v) is 7.91. The molecule has 1 N–H and O–H groups in total. The van der Waals surface area contributed by atoms with E-state index in [9.17, 15) is 22.8 Å². The smallest absolute Gasteiger partial charge is 0.416 e. The molecule has 0 radical (unpaired) electrons. The van der Waals surface area contributed by atoms with Crippen LogP contribution < -0.4 is 4.74 Å². The third kappa shape index (κ3) is 5.77. The van der Waals surface area contributed by atoms with Gasteiger partial charge in [0.1, 0.15) is 17.8 Å². The third-order valence-electron chi connectivity index (χ3n) is 3.41. The van der Waals surface area contributed by atoms with Crippen molar-refractivity contribution >= 4 is 23.9 Å². The van der Waals surface area contributed by atoms with E-state index in [0.29, 0.717) is 17.6 Å². The Bertz CT molecular complexity index is 801. The summed E-state index contributed by atoms with van der Waals surface area (Å²) in [6.45, 7) is 0. The molecule has 1 aliphatic carbocycles. The molecule has 3 rings (SSSR count). The third-order valence-corrected chi connectivity index (χ3v) is 3.70. The fraction of sp³-hybridized carbons (Fsp3) is 0.222. The number of halogens is 4. The van der Waals surface area contributed by atoms with Crippen molar-refractivity contribution in [3.8, 4) is 11.5 Å². The van der Waals surface area contributed by atoms with E-state index >= 15 is 0 Å². The van der Waals surface area contributed by atoms with Crippen LogP contribution in [0.3, 0.4) is 0 Å². The van der Waals surface area contributed by atoms with E-state index in [0.717, 1.165) is 31.0 Å². The number of ether oxygens (including phenoxy) is 1. The van der Waals surface area contributed by atoms with Crippen molar-refractivity contribution < 1.29 is 32.6 Å². The Balaban J connectivity index is 0.000000342. The molecule has 1 saturated carbocycles. The maximum Gasteiger partial charge on any atom is 0.416 e. The van der Waals surface area contributed by atoms with Crippen LogP contribution in [0.5, 0.6) is 11.5 Å². The van der Waals surface area contributed by atoms with E-state index in [2.05, 4.69) is 0 Å². The van der Waals surface area contributed by atoms with E-state index in [4.69, 9.17) is 21.4 Å². The zero-order valence-electron chi connectivity index (χ0n) is 13.3. The molecule has 0 amide bonds. The van der Waals surface area contributed by atoms with Gasteiger partial charge in [-0.05, 0) is 43.2 Å². The summed E-state index contributed by atoms with van der Waals surface area (Å²) in [4.78, 5) is 20.4. The largest absolute Gasteiger partial charge is 0.481 e. The van der Waals surface area contributed by atoms with E-state index in [1.54, 1.807) is 18.2 Å². The molecule has 0 atom stereocenters. The summed E-state index contributed by atoms with van der Waals surface area (Å²) in [5.74, 6) is -0.209. The first-order chi connectivity index (χ1) is 12.2. The standard InChI is InChI=1S/C14H8ClF3O2.C4H6O2/c15-12-7-10(14(16,17)18)4-5-13(12)20-11-3-1-2-9(6-11)8-19;5-4(6)3-1-2-3/h1-8H;3H,1-2H2,(H,5,6). The van der Waals surface area contributed by atoms with Crippen LogP contribution >= 0.6 is 11.6 Å². The average Bonchev–Trinajstić information content (AvgIpc) is 3.42. The van der Waals surface area contributed by atoms with Crippen molar-refractivity contribution in [3.63, 3.8) is 0 Å². The molecule has 0 heterocycles. The summed E-state index contributed by atoms with van der Waals surface area (Å²) in [6.07, 6.45) is -2.02. The van der Waals surface area contributed by atoms with E-state index in [-0.39, 0.29) is 16.7 Å². The van der Waals surface area contributed by atoms with Gasteiger partial charge in [0.15, 0.2) is 0 Å². The molecule has 0 unspecified atom stereocenters. The van der Waals surface area contributed by atoms with Crippen LogP contribution in [0.4, 0.5) is 13.2 Å². The van der Waals surface area contributed by atoms with Gasteiger partial charge >= 0.3 is 12.1 Å². The molecule has 0 spiro atoms. The second-order valence-electron chi connectivity index (χ2n) is 5.55. The molecule has 0 saturated heterocycles. The number of carbonyl (C=O) groups is 2. The van der Waals surface area contributed by atoms with Crippen LogP contribution in [0.15, 0.2) is 42.5 Å². The highest BCUT2D eigenvalue weighted by molar-refractivity contribution is 6.32. The molecule has 2 aromatic carbocycles. The van der Waals surface area contributed by atoms with Crippen LogP contribution in [0.2, 0.25) is 5.02 Å². The molecule has 4 nitrogen and oxygen atoms in total. The Labute approximate surface area is 152 Å². The lowest BCUT2D eigenvalue weighted by atomic mass is 10.2. The molecular weight excluding hydrogens is 373 g/mol. The van der Waals surface area contributed by atoms with Crippen LogP contribution in [-0.2, 0) is 11.0 Å². The van der Waals surface area contributed by atoms with Crippen LogP contribution in [-0.4, -0.2) is 17.4 Å². The molecule has 138 valence electrons. The van der Waals surface area contributed by atoms with Gasteiger partial charge in [-0.25, -0.2) is 0 Å². The number of hydrogen-bond acceptors (Lipinski definition) is 3. The summed E-state index contributed by atoms with van der Waals surface area (Å²) in [7, 11) is 0. The molecule has 1 fully saturated rings. The summed E-state index contributed by atoms with van der Waals surface area (Å²) in [5.41, 5.74) is -0.456. The average molecular weight is 387 g/mol. The monoisotopic (exact) mass is 386 g/mol. The van der Waals surface area contributed by atoms with Gasteiger partial charge in [0.2, 0.25) is 0 Å². The van der Waals surface area contributed by atoms with Gasteiger partial charge in [0, 0.05) is 5.56 Å². The van der Waals surface area contributed by atoms with Crippen molar-refractivity contribution in [2.24, 2.45) is 5.92 Å². The topological polar surface area (TPSA) is 63.6 Å². The van der Waals surface area contributed by atoms with Crippen LogP contribution in [0, 0.1) is 5.92 Å². The number of carboxylic acid groups (broad SMARTS) is 1. The molecule has 26 heavy (non-hydrogen) atoms. The van der Waals surface area contributed by atoms with Gasteiger partial charge in [0.05, 0.1) is 16.5 Å². The predicted octanol–water partition coefficient (Wildman–Crippen LogP) is 5.44. The lowest BCUT2D eigenvalue weighted by Gasteiger charge is -2.11. The summed E-state index contributed by atoms with van der Waals surface area (Å²) >= 11 is 5.76. The molecular formula is C18H14ClF3O4. The number of carbonyl (C=O) groups excluding carboxylic acids is 1. The highest BCUT2D eigenvalue weighted by Gasteiger charge is 2.31. The Morgan fingerprint density at radius 2 is 1.88 bits per heavy atom. The van der Waals surface area contributed by atoms with Gasteiger partial charge in [-0.15, -0.1) is 0 Å². The number of rotatable bonds is 4. The van der Waals surface area contributed by atoms with E-state index in [1.165, 1.54) is 6.07 Å². The van der Waals surface area contributed by atoms with Crippen molar-refractivity contribution in [2.45, 2.75) is 19.0 Å². The number of alkyl halides is 3. The number of aldehydes is 1. The van der Waals surface area contributed by atoms with Gasteiger partial charge in [0.25, 0.3) is 0 Å². The summed E-state index contributed by atoms with van der Waals surface area (Å²) < 4.78 is 42.8. The SMILES string of the molecule is O=C(O)C1CC1.O=Cc1cccc(Oc2ccc(C(F)(F)F)cc2Cl)c1. The Hall–Kier alpha value is -2.54. The predicted molar refractivity (Wildman–Crippen MR) is 88.7 cm³/mol. The first kappa shape index (κ1) is 19.8. The van der Waals surface area contributed by atoms with Gasteiger partial charge < -0.3 is 9.84 Å². The van der Waals surface area contributed by atoms with Crippen molar-refractivity contribution in [2.75, 3.05) is 0 Å². The second-order valence-corrected chi connectivity index (χ2v) is 5.96. The minimum Gasteiger partial charge on any atom is -0.481 e. The molecule has 0 bridgehead atoms. The highest BCUT2D eigenvalue weighted by atomic mass is 35.5. The number of carboxylic acids is 1. The maximum absolute atomic E-state index is 12.5. The number of hydrogen-bond donors (Lipinski definition) is 1. The van der Waals surface area contributed by atoms with Crippen LogP contribution in [0.1, 0.15) is 28.8 Å². The zero-order chi connectivity index (χ0) is 19.3. The van der Waals surface area contributed by atoms with Crippen molar-refractivity contribution in [1.29, 1.82) is 0 Å². The minimum atomic E-state index is -4.46. The Morgan fingerprint density at radius 3 is 2.35 bits per heavy atom. The van der Waals surface area contributed by atoms with Gasteiger partial charge in [-0.1, -0.05) is 23.7 Å². The van der Waals surface area contributed by atoms with Crippen LogP contribution in [0.25, 0.3) is 0 Å². The molecule has 1 aliphatic rings. The number of aliphatic carboxylic acids is 1. The zero-order valence-corrected chi connectivity index (χ0v) is 14.1. The molecule has 0 aromatic heterocycles. The quantitative estimate of drug-likeness (QED) is 0.710. The second kappa shape index (κ2) is 8.23. The highest BCUT2D eigenvalue weighted by Crippen LogP contribution is 2.36. The molecule has 2 aromatic rings. The normalized spacial score (nSPS) is 13.4. The molecule has 0 aliphatic heterocycles. The molecule has 8 heteroatoms. The van der Waals surface area contributed by atoms with Crippen molar-refractivity contribution in [3.05, 3.63) is 58.6 Å². The van der Waals surface area contributed by atoms with E-state index < -0.39 is 17.7 Å². The minimum absolute atomic E-state index is 0.0185. The fourth-order valence-corrected chi connectivity index (χ4v) is 2.09. The summed E-state index contributed by atoms with van der Waals surface area (Å²) in [6, 6.07) is 9.01. The lowest BCUT2D eigenvalue weighted by Crippen LogP contribution is -2.04.